The number of rotatable bonds is 3. The van der Waals surface area contributed by atoms with Crippen LogP contribution in [0.3, 0.4) is 0 Å². The average molecular weight is 393 g/mol. The number of nitrogens with zero attached hydrogens (tertiary/aromatic N) is 4. The highest BCUT2D eigenvalue weighted by molar-refractivity contribution is 7.21. The summed E-state index contributed by atoms with van der Waals surface area (Å²) in [6.07, 6.45) is 3.75. The van der Waals surface area contributed by atoms with Crippen LogP contribution >= 0.6 is 11.3 Å². The van der Waals surface area contributed by atoms with Crippen molar-refractivity contribution in [2.75, 3.05) is 31.1 Å². The first-order chi connectivity index (χ1) is 13.5. The molecule has 1 aromatic carbocycles. The third-order valence-corrected chi connectivity index (χ3v) is 6.97. The minimum absolute atomic E-state index is 0.279. The lowest BCUT2D eigenvalue weighted by Gasteiger charge is -2.36. The SMILES string of the molecule is Cc1cc(C)cc(C2(C(=O)N3CCN(c4nc5cccnc5s4)CC3)CC2)c1. The van der Waals surface area contributed by atoms with Gasteiger partial charge in [0.1, 0.15) is 10.3 Å². The number of amides is 1. The molecule has 5 nitrogen and oxygen atoms in total. The molecule has 1 saturated carbocycles. The number of benzene rings is 1. The van der Waals surface area contributed by atoms with E-state index in [0.29, 0.717) is 5.91 Å². The minimum Gasteiger partial charge on any atom is -0.344 e. The summed E-state index contributed by atoms with van der Waals surface area (Å²) >= 11 is 1.63. The van der Waals surface area contributed by atoms with Crippen molar-refractivity contribution < 1.29 is 4.79 Å². The highest BCUT2D eigenvalue weighted by atomic mass is 32.1. The molecule has 0 radical (unpaired) electrons. The van der Waals surface area contributed by atoms with E-state index in [9.17, 15) is 4.79 Å². The van der Waals surface area contributed by atoms with Gasteiger partial charge >= 0.3 is 0 Å². The van der Waals surface area contributed by atoms with Crippen LogP contribution in [0.4, 0.5) is 5.13 Å². The molecular weight excluding hydrogens is 368 g/mol. The zero-order valence-electron chi connectivity index (χ0n) is 16.3. The average Bonchev–Trinajstić information content (AvgIpc) is 3.39. The van der Waals surface area contributed by atoms with Crippen molar-refractivity contribution in [3.05, 3.63) is 53.2 Å². The van der Waals surface area contributed by atoms with Gasteiger partial charge < -0.3 is 9.80 Å². The van der Waals surface area contributed by atoms with Crippen molar-refractivity contribution in [1.82, 2.24) is 14.9 Å². The van der Waals surface area contributed by atoms with Gasteiger partial charge in [-0.1, -0.05) is 40.7 Å². The van der Waals surface area contributed by atoms with E-state index in [-0.39, 0.29) is 5.41 Å². The van der Waals surface area contributed by atoms with Crippen molar-refractivity contribution >= 4 is 32.7 Å². The van der Waals surface area contributed by atoms with Gasteiger partial charge in [0.05, 0.1) is 5.41 Å². The van der Waals surface area contributed by atoms with Gasteiger partial charge in [-0.3, -0.25) is 4.79 Å². The molecule has 0 spiro atoms. The summed E-state index contributed by atoms with van der Waals surface area (Å²) in [7, 11) is 0. The molecule has 0 atom stereocenters. The molecule has 144 valence electrons. The van der Waals surface area contributed by atoms with Crippen molar-refractivity contribution in [3.63, 3.8) is 0 Å². The summed E-state index contributed by atoms with van der Waals surface area (Å²) in [6.45, 7) is 7.40. The monoisotopic (exact) mass is 392 g/mol. The van der Waals surface area contributed by atoms with Crippen molar-refractivity contribution in [2.45, 2.75) is 32.1 Å². The molecule has 28 heavy (non-hydrogen) atoms. The molecule has 1 aliphatic carbocycles. The zero-order chi connectivity index (χ0) is 19.3. The third-order valence-electron chi connectivity index (χ3n) is 5.93. The maximum absolute atomic E-state index is 13.4. The highest BCUT2D eigenvalue weighted by Crippen LogP contribution is 2.50. The first-order valence-electron chi connectivity index (χ1n) is 9.90. The predicted molar refractivity (Wildman–Crippen MR) is 113 cm³/mol. The number of thiazole rings is 1. The number of hydrogen-bond acceptors (Lipinski definition) is 5. The molecule has 1 amide bonds. The molecule has 3 heterocycles. The molecule has 2 fully saturated rings. The Morgan fingerprint density at radius 3 is 2.43 bits per heavy atom. The van der Waals surface area contributed by atoms with Crippen LogP contribution in [0, 0.1) is 13.8 Å². The molecule has 0 unspecified atom stereocenters. The number of carbonyl (C=O) groups is 1. The van der Waals surface area contributed by atoms with Crippen LogP contribution < -0.4 is 4.90 Å². The Bertz CT molecular complexity index is 994. The van der Waals surface area contributed by atoms with Gasteiger partial charge in [-0.25, -0.2) is 9.97 Å². The number of aryl methyl sites for hydroxylation is 2. The number of aromatic nitrogens is 2. The Morgan fingerprint density at radius 2 is 1.79 bits per heavy atom. The largest absolute Gasteiger partial charge is 0.344 e. The summed E-state index contributed by atoms with van der Waals surface area (Å²) in [5.74, 6) is 0.308. The van der Waals surface area contributed by atoms with Crippen molar-refractivity contribution in [1.29, 1.82) is 0 Å². The lowest BCUT2D eigenvalue weighted by molar-refractivity contribution is -0.134. The van der Waals surface area contributed by atoms with Gasteiger partial charge in [-0.15, -0.1) is 0 Å². The Hall–Kier alpha value is -2.47. The first-order valence-corrected chi connectivity index (χ1v) is 10.7. The maximum Gasteiger partial charge on any atom is 0.233 e. The summed E-state index contributed by atoms with van der Waals surface area (Å²) in [5, 5.41) is 1.01. The van der Waals surface area contributed by atoms with E-state index in [0.717, 1.165) is 54.5 Å². The summed E-state index contributed by atoms with van der Waals surface area (Å²) in [4.78, 5) is 27.8. The van der Waals surface area contributed by atoms with E-state index in [4.69, 9.17) is 4.98 Å². The van der Waals surface area contributed by atoms with E-state index in [1.165, 1.54) is 16.7 Å². The van der Waals surface area contributed by atoms with Crippen LogP contribution in [-0.2, 0) is 10.2 Å². The van der Waals surface area contributed by atoms with Crippen LogP contribution in [0.2, 0.25) is 0 Å². The minimum atomic E-state index is -0.279. The predicted octanol–water partition coefficient (Wildman–Crippen LogP) is 3.69. The molecule has 0 bridgehead atoms. The Balaban J connectivity index is 1.30. The lowest BCUT2D eigenvalue weighted by atomic mass is 9.91. The maximum atomic E-state index is 13.4. The smallest absolute Gasteiger partial charge is 0.233 e. The van der Waals surface area contributed by atoms with Gasteiger partial charge in [0, 0.05) is 32.4 Å². The lowest BCUT2D eigenvalue weighted by Crippen LogP contribution is -2.51. The van der Waals surface area contributed by atoms with Gasteiger partial charge in [-0.05, 0) is 44.4 Å². The fourth-order valence-electron chi connectivity index (χ4n) is 4.30. The van der Waals surface area contributed by atoms with Crippen molar-refractivity contribution in [2.24, 2.45) is 0 Å². The number of hydrogen-bond donors (Lipinski definition) is 0. The van der Waals surface area contributed by atoms with E-state index in [1.54, 1.807) is 11.3 Å². The Morgan fingerprint density at radius 1 is 1.07 bits per heavy atom. The van der Waals surface area contributed by atoms with Gasteiger partial charge in [0.15, 0.2) is 5.13 Å². The van der Waals surface area contributed by atoms with Gasteiger partial charge in [0.25, 0.3) is 0 Å². The zero-order valence-corrected chi connectivity index (χ0v) is 17.1. The highest BCUT2D eigenvalue weighted by Gasteiger charge is 2.53. The summed E-state index contributed by atoms with van der Waals surface area (Å²) in [6, 6.07) is 10.5. The molecule has 2 aliphatic rings. The van der Waals surface area contributed by atoms with Gasteiger partial charge in [0.2, 0.25) is 5.91 Å². The van der Waals surface area contributed by atoms with Gasteiger partial charge in [-0.2, -0.15) is 0 Å². The summed E-state index contributed by atoms with van der Waals surface area (Å²) in [5.41, 5.74) is 4.35. The molecule has 1 saturated heterocycles. The number of fused-ring (bicyclic) bond motifs is 1. The van der Waals surface area contributed by atoms with Crippen LogP contribution in [0.5, 0.6) is 0 Å². The third kappa shape index (κ3) is 2.96. The number of carbonyl (C=O) groups excluding carboxylic acids is 1. The number of anilines is 1. The second-order valence-electron chi connectivity index (χ2n) is 8.06. The molecular formula is C22H24N4OS. The van der Waals surface area contributed by atoms with Crippen LogP contribution in [0.25, 0.3) is 10.3 Å². The van der Waals surface area contributed by atoms with Crippen LogP contribution in [0.1, 0.15) is 29.5 Å². The molecule has 6 heteroatoms. The Kier molecular flexibility index (Phi) is 4.12. The molecule has 2 aromatic heterocycles. The molecule has 1 aliphatic heterocycles. The number of pyridine rings is 1. The van der Waals surface area contributed by atoms with E-state index < -0.39 is 0 Å². The van der Waals surface area contributed by atoms with E-state index in [1.807, 2.05) is 18.3 Å². The van der Waals surface area contributed by atoms with Crippen LogP contribution in [-0.4, -0.2) is 47.0 Å². The normalized spacial score (nSPS) is 18.5. The van der Waals surface area contributed by atoms with E-state index in [2.05, 4.69) is 46.8 Å². The van der Waals surface area contributed by atoms with Crippen molar-refractivity contribution in [3.8, 4) is 0 Å². The second kappa shape index (κ2) is 6.55. The second-order valence-corrected chi connectivity index (χ2v) is 9.02. The molecule has 5 rings (SSSR count). The molecule has 0 N–H and O–H groups in total. The quantitative estimate of drug-likeness (QED) is 0.682. The van der Waals surface area contributed by atoms with Crippen LogP contribution in [0.15, 0.2) is 36.5 Å². The standard InChI is InChI=1S/C22H24N4OS/c1-15-12-16(2)14-17(13-15)22(5-6-22)20(27)25-8-10-26(11-9-25)21-24-18-4-3-7-23-19(18)28-21/h3-4,7,12-14H,5-6,8-11H2,1-2H3. The number of piperazine rings is 1. The first kappa shape index (κ1) is 17.6. The summed E-state index contributed by atoms with van der Waals surface area (Å²) < 4.78 is 0. The fourth-order valence-corrected chi connectivity index (χ4v) is 5.26. The van der Waals surface area contributed by atoms with E-state index >= 15 is 0 Å². The topological polar surface area (TPSA) is 49.3 Å². The molecule has 3 aromatic rings. The Labute approximate surface area is 169 Å². The fraction of sp³-hybridized carbons (Fsp3) is 0.409.